The number of sulfonamides is 1. The van der Waals surface area contributed by atoms with Crippen molar-refractivity contribution in [2.75, 3.05) is 34.8 Å². The Balaban J connectivity index is 2.88. The number of amides is 1. The van der Waals surface area contributed by atoms with Gasteiger partial charge in [-0.15, -0.1) is 0 Å². The van der Waals surface area contributed by atoms with Crippen molar-refractivity contribution in [3.8, 4) is 0 Å². The first-order valence-electron chi connectivity index (χ1n) is 6.97. The lowest BCUT2D eigenvalue weighted by Crippen LogP contribution is -2.34. The van der Waals surface area contributed by atoms with Crippen molar-refractivity contribution >= 4 is 21.9 Å². The van der Waals surface area contributed by atoms with Gasteiger partial charge in [0.2, 0.25) is 10.0 Å². The van der Waals surface area contributed by atoms with Gasteiger partial charge in [0, 0.05) is 33.3 Å². The van der Waals surface area contributed by atoms with E-state index in [0.717, 1.165) is 4.31 Å². The molecule has 0 radical (unpaired) electrons. The first-order chi connectivity index (χ1) is 10.6. The van der Waals surface area contributed by atoms with Crippen LogP contribution in [0.1, 0.15) is 17.3 Å². The maximum atomic E-state index is 12.3. The summed E-state index contributed by atoms with van der Waals surface area (Å²) < 4.78 is 29.7. The third-order valence-electron chi connectivity index (χ3n) is 3.38. The fourth-order valence-corrected chi connectivity index (χ4v) is 2.87. The number of hydrogen-bond donors (Lipinski definition) is 0. The second-order valence-corrected chi connectivity index (χ2v) is 7.57. The molecule has 0 saturated carbocycles. The minimum absolute atomic E-state index is 0.115. The number of carbonyl (C=O) groups excluding carboxylic acids is 2. The van der Waals surface area contributed by atoms with E-state index in [1.807, 2.05) is 0 Å². The predicted octanol–water partition coefficient (Wildman–Crippen LogP) is 0.818. The van der Waals surface area contributed by atoms with Crippen LogP contribution in [0, 0.1) is 5.92 Å². The third-order valence-corrected chi connectivity index (χ3v) is 5.21. The molecule has 0 heterocycles. The quantitative estimate of drug-likeness (QED) is 0.715. The zero-order valence-corrected chi connectivity index (χ0v) is 14.8. The molecule has 0 spiro atoms. The van der Waals surface area contributed by atoms with Crippen LogP contribution >= 0.6 is 0 Å². The van der Waals surface area contributed by atoms with E-state index in [1.54, 1.807) is 14.0 Å². The molecule has 0 aliphatic heterocycles. The second-order valence-electron chi connectivity index (χ2n) is 5.42. The normalized spacial score (nSPS) is 12.8. The van der Waals surface area contributed by atoms with Crippen LogP contribution in [0.2, 0.25) is 0 Å². The number of hydrogen-bond acceptors (Lipinski definition) is 5. The van der Waals surface area contributed by atoms with Crippen molar-refractivity contribution < 1.29 is 22.7 Å². The van der Waals surface area contributed by atoms with Gasteiger partial charge in [-0.3, -0.25) is 9.59 Å². The Labute approximate surface area is 136 Å². The largest absolute Gasteiger partial charge is 0.469 e. The fraction of sp³-hybridized carbons (Fsp3) is 0.467. The average molecular weight is 342 g/mol. The molecule has 1 unspecified atom stereocenters. The van der Waals surface area contributed by atoms with Gasteiger partial charge < -0.3 is 9.64 Å². The van der Waals surface area contributed by atoms with E-state index >= 15 is 0 Å². The summed E-state index contributed by atoms with van der Waals surface area (Å²) in [5, 5.41) is 0. The molecule has 1 aromatic carbocycles. The highest BCUT2D eigenvalue weighted by Gasteiger charge is 2.21. The lowest BCUT2D eigenvalue weighted by atomic mass is 10.1. The molecule has 1 rings (SSSR count). The van der Waals surface area contributed by atoms with Crippen LogP contribution in [0.25, 0.3) is 0 Å². The first kappa shape index (κ1) is 19.1. The summed E-state index contributed by atoms with van der Waals surface area (Å²) in [6, 6.07) is 5.69. The molecule has 1 atom stereocenters. The zero-order chi connectivity index (χ0) is 17.8. The molecule has 128 valence electrons. The summed E-state index contributed by atoms with van der Waals surface area (Å²) in [4.78, 5) is 25.2. The van der Waals surface area contributed by atoms with Crippen LogP contribution in [0.4, 0.5) is 0 Å². The third kappa shape index (κ3) is 4.52. The molecule has 23 heavy (non-hydrogen) atoms. The molecule has 0 aromatic heterocycles. The Hall–Kier alpha value is -1.93. The minimum Gasteiger partial charge on any atom is -0.469 e. The molecule has 0 saturated heterocycles. The topological polar surface area (TPSA) is 84.0 Å². The van der Waals surface area contributed by atoms with Crippen LogP contribution in [-0.4, -0.2) is 64.3 Å². The lowest BCUT2D eigenvalue weighted by molar-refractivity contribution is -0.145. The van der Waals surface area contributed by atoms with Crippen LogP contribution in [-0.2, 0) is 19.6 Å². The summed E-state index contributed by atoms with van der Waals surface area (Å²) >= 11 is 0. The monoisotopic (exact) mass is 342 g/mol. The first-order valence-corrected chi connectivity index (χ1v) is 8.41. The summed E-state index contributed by atoms with van der Waals surface area (Å²) in [6.45, 7) is 1.88. The van der Waals surface area contributed by atoms with E-state index < -0.39 is 21.9 Å². The maximum Gasteiger partial charge on any atom is 0.310 e. The van der Waals surface area contributed by atoms with Gasteiger partial charge in [-0.1, -0.05) is 6.92 Å². The van der Waals surface area contributed by atoms with Crippen molar-refractivity contribution in [3.63, 3.8) is 0 Å². The summed E-state index contributed by atoms with van der Waals surface area (Å²) in [5.41, 5.74) is 0.349. The van der Waals surface area contributed by atoms with Crippen molar-refractivity contribution in [2.45, 2.75) is 11.8 Å². The van der Waals surface area contributed by atoms with Gasteiger partial charge in [0.15, 0.2) is 0 Å². The standard InChI is InChI=1S/C15H22N2O5S/c1-11(15(19)22-5)10-17(4)14(18)12-6-8-13(9-7-12)23(20,21)16(2)3/h6-9,11H,10H2,1-5H3. The molecular formula is C15H22N2O5S. The predicted molar refractivity (Wildman–Crippen MR) is 85.5 cm³/mol. The SMILES string of the molecule is COC(=O)C(C)CN(C)C(=O)c1ccc(S(=O)(=O)N(C)C)cc1. The molecule has 1 aromatic rings. The summed E-state index contributed by atoms with van der Waals surface area (Å²) in [6.07, 6.45) is 0. The fourth-order valence-electron chi connectivity index (χ4n) is 1.97. The van der Waals surface area contributed by atoms with Gasteiger partial charge in [0.25, 0.3) is 5.91 Å². The van der Waals surface area contributed by atoms with Gasteiger partial charge in [-0.2, -0.15) is 0 Å². The van der Waals surface area contributed by atoms with E-state index in [4.69, 9.17) is 0 Å². The summed E-state index contributed by atoms with van der Waals surface area (Å²) in [5.74, 6) is -1.13. The minimum atomic E-state index is -3.53. The van der Waals surface area contributed by atoms with Crippen molar-refractivity contribution in [1.29, 1.82) is 0 Å². The van der Waals surface area contributed by atoms with E-state index in [1.165, 1.54) is 50.4 Å². The second kappa shape index (κ2) is 7.56. The zero-order valence-electron chi connectivity index (χ0n) is 13.9. The van der Waals surface area contributed by atoms with E-state index in [0.29, 0.717) is 5.56 Å². The summed E-state index contributed by atoms with van der Waals surface area (Å²) in [7, 11) is 2.23. The Morgan fingerprint density at radius 1 is 1.13 bits per heavy atom. The molecule has 0 aliphatic rings. The van der Waals surface area contributed by atoms with Crippen LogP contribution in [0.15, 0.2) is 29.2 Å². The molecule has 8 heteroatoms. The van der Waals surface area contributed by atoms with E-state index in [-0.39, 0.29) is 17.3 Å². The number of carbonyl (C=O) groups is 2. The van der Waals surface area contributed by atoms with Crippen molar-refractivity contribution in [2.24, 2.45) is 5.92 Å². The number of nitrogens with zero attached hydrogens (tertiary/aromatic N) is 2. The van der Waals surface area contributed by atoms with Gasteiger partial charge in [-0.05, 0) is 24.3 Å². The van der Waals surface area contributed by atoms with E-state index in [2.05, 4.69) is 4.74 Å². The lowest BCUT2D eigenvalue weighted by Gasteiger charge is -2.20. The van der Waals surface area contributed by atoms with Crippen molar-refractivity contribution in [3.05, 3.63) is 29.8 Å². The molecule has 0 fully saturated rings. The Kier molecular flexibility index (Phi) is 6.28. The van der Waals surface area contributed by atoms with Gasteiger partial charge in [-0.25, -0.2) is 12.7 Å². The van der Waals surface area contributed by atoms with Gasteiger partial charge >= 0.3 is 5.97 Å². The van der Waals surface area contributed by atoms with Crippen LogP contribution < -0.4 is 0 Å². The highest BCUT2D eigenvalue weighted by molar-refractivity contribution is 7.89. The average Bonchev–Trinajstić information content (AvgIpc) is 2.52. The van der Waals surface area contributed by atoms with Crippen molar-refractivity contribution in [1.82, 2.24) is 9.21 Å². The molecular weight excluding hydrogens is 320 g/mol. The maximum absolute atomic E-state index is 12.3. The Bertz CT molecular complexity index is 668. The number of ether oxygens (including phenoxy) is 1. The molecule has 0 bridgehead atoms. The molecule has 1 amide bonds. The smallest absolute Gasteiger partial charge is 0.310 e. The highest BCUT2D eigenvalue weighted by Crippen LogP contribution is 2.15. The molecule has 0 aliphatic carbocycles. The number of methoxy groups -OCH3 is 1. The van der Waals surface area contributed by atoms with Crippen LogP contribution in [0.3, 0.4) is 0 Å². The Morgan fingerprint density at radius 3 is 2.09 bits per heavy atom. The van der Waals surface area contributed by atoms with E-state index in [9.17, 15) is 18.0 Å². The Morgan fingerprint density at radius 2 is 1.65 bits per heavy atom. The molecule has 7 nitrogen and oxygen atoms in total. The van der Waals surface area contributed by atoms with Gasteiger partial charge in [0.05, 0.1) is 17.9 Å². The molecule has 0 N–H and O–H groups in total. The number of benzene rings is 1. The van der Waals surface area contributed by atoms with Crippen LogP contribution in [0.5, 0.6) is 0 Å². The number of rotatable bonds is 6. The number of esters is 1. The van der Waals surface area contributed by atoms with Gasteiger partial charge in [0.1, 0.15) is 0 Å². The highest BCUT2D eigenvalue weighted by atomic mass is 32.2.